The Labute approximate surface area is 110 Å². The van der Waals surface area contributed by atoms with Gasteiger partial charge in [-0.05, 0) is 30.5 Å². The van der Waals surface area contributed by atoms with E-state index in [1.54, 1.807) is 0 Å². The molecule has 2 heteroatoms. The van der Waals surface area contributed by atoms with Crippen molar-refractivity contribution in [2.75, 3.05) is 11.9 Å². The summed E-state index contributed by atoms with van der Waals surface area (Å²) in [7, 11) is 0. The lowest BCUT2D eigenvalue weighted by molar-refractivity contribution is -0.0923. The quantitative estimate of drug-likeness (QED) is 0.880. The largest absolute Gasteiger partial charge is 0.381 e. The SMILES string of the molecule is CCc1ccc(NC2C3CCOC3C2(C)C)cc1. The molecule has 2 aliphatic rings. The van der Waals surface area contributed by atoms with Crippen LogP contribution in [0.15, 0.2) is 24.3 Å². The number of nitrogens with one attached hydrogen (secondary N) is 1. The molecule has 0 amide bonds. The van der Waals surface area contributed by atoms with Crippen molar-refractivity contribution in [2.45, 2.75) is 45.8 Å². The Kier molecular flexibility index (Phi) is 2.86. The zero-order valence-electron chi connectivity index (χ0n) is 11.6. The first-order valence-corrected chi connectivity index (χ1v) is 7.10. The molecule has 0 spiro atoms. The summed E-state index contributed by atoms with van der Waals surface area (Å²) in [5.41, 5.74) is 2.90. The first kappa shape index (κ1) is 12.0. The van der Waals surface area contributed by atoms with Crippen molar-refractivity contribution in [3.05, 3.63) is 29.8 Å². The second-order valence-electron chi connectivity index (χ2n) is 6.24. The van der Waals surface area contributed by atoms with Gasteiger partial charge in [-0.25, -0.2) is 0 Å². The molecule has 1 aliphatic carbocycles. The lowest BCUT2D eigenvalue weighted by atomic mass is 9.57. The summed E-state index contributed by atoms with van der Waals surface area (Å²) in [6.45, 7) is 7.76. The Bertz CT molecular complexity index is 423. The van der Waals surface area contributed by atoms with Crippen molar-refractivity contribution in [2.24, 2.45) is 11.3 Å². The highest BCUT2D eigenvalue weighted by atomic mass is 16.5. The fraction of sp³-hybridized carbons (Fsp3) is 0.625. The van der Waals surface area contributed by atoms with E-state index in [1.165, 1.54) is 17.7 Å². The zero-order valence-corrected chi connectivity index (χ0v) is 11.6. The molecule has 2 nitrogen and oxygen atoms in total. The highest BCUT2D eigenvalue weighted by Gasteiger charge is 2.59. The van der Waals surface area contributed by atoms with Gasteiger partial charge in [0.1, 0.15) is 0 Å². The minimum absolute atomic E-state index is 0.255. The molecule has 1 saturated carbocycles. The number of rotatable bonds is 3. The van der Waals surface area contributed by atoms with Crippen LogP contribution >= 0.6 is 0 Å². The van der Waals surface area contributed by atoms with E-state index in [9.17, 15) is 0 Å². The Morgan fingerprint density at radius 2 is 2.00 bits per heavy atom. The van der Waals surface area contributed by atoms with Gasteiger partial charge in [-0.1, -0.05) is 32.9 Å². The Morgan fingerprint density at radius 1 is 1.28 bits per heavy atom. The number of benzene rings is 1. The van der Waals surface area contributed by atoms with Gasteiger partial charge < -0.3 is 10.1 Å². The number of aryl methyl sites for hydroxylation is 1. The van der Waals surface area contributed by atoms with E-state index in [4.69, 9.17) is 4.74 Å². The van der Waals surface area contributed by atoms with Crippen molar-refractivity contribution in [3.8, 4) is 0 Å². The van der Waals surface area contributed by atoms with Gasteiger partial charge in [-0.2, -0.15) is 0 Å². The standard InChI is InChI=1S/C16H23NO/c1-4-11-5-7-12(8-6-11)17-14-13-9-10-18-15(13)16(14,2)3/h5-8,13-15,17H,4,9-10H2,1-3H3. The molecule has 1 saturated heterocycles. The normalized spacial score (nSPS) is 32.7. The maximum Gasteiger partial charge on any atom is 0.0694 e. The van der Waals surface area contributed by atoms with Crippen LogP contribution < -0.4 is 5.32 Å². The van der Waals surface area contributed by atoms with Gasteiger partial charge in [0.2, 0.25) is 0 Å². The zero-order chi connectivity index (χ0) is 12.8. The predicted molar refractivity (Wildman–Crippen MR) is 74.9 cm³/mol. The van der Waals surface area contributed by atoms with Gasteiger partial charge in [0.25, 0.3) is 0 Å². The molecule has 3 rings (SSSR count). The predicted octanol–water partition coefficient (Wildman–Crippen LogP) is 3.47. The Hall–Kier alpha value is -1.02. The summed E-state index contributed by atoms with van der Waals surface area (Å²) in [5, 5.41) is 3.71. The van der Waals surface area contributed by atoms with Crippen LogP contribution in [-0.2, 0) is 11.2 Å². The summed E-state index contributed by atoms with van der Waals surface area (Å²) >= 11 is 0. The summed E-state index contributed by atoms with van der Waals surface area (Å²) < 4.78 is 5.83. The number of ether oxygens (including phenoxy) is 1. The molecule has 0 aromatic heterocycles. The molecule has 1 aromatic rings. The van der Waals surface area contributed by atoms with Crippen LogP contribution in [0.1, 0.15) is 32.8 Å². The topological polar surface area (TPSA) is 21.3 Å². The Balaban J connectivity index is 1.72. The van der Waals surface area contributed by atoms with E-state index in [-0.39, 0.29) is 5.41 Å². The van der Waals surface area contributed by atoms with E-state index in [0.717, 1.165) is 13.0 Å². The molecule has 3 unspecified atom stereocenters. The highest BCUT2D eigenvalue weighted by Crippen LogP contribution is 2.53. The third-order valence-electron chi connectivity index (χ3n) is 4.78. The summed E-state index contributed by atoms with van der Waals surface area (Å²) in [4.78, 5) is 0. The van der Waals surface area contributed by atoms with Crippen LogP contribution in [-0.4, -0.2) is 18.8 Å². The molecule has 1 aliphatic heterocycles. The fourth-order valence-corrected chi connectivity index (χ4v) is 3.63. The van der Waals surface area contributed by atoms with Crippen LogP contribution in [0.5, 0.6) is 0 Å². The smallest absolute Gasteiger partial charge is 0.0694 e. The lowest BCUT2D eigenvalue weighted by Crippen LogP contribution is -2.63. The fourth-order valence-electron chi connectivity index (χ4n) is 3.63. The number of fused-ring (bicyclic) bond motifs is 1. The summed E-state index contributed by atoms with van der Waals surface area (Å²) in [5.74, 6) is 0.700. The number of hydrogen-bond acceptors (Lipinski definition) is 2. The molecule has 1 heterocycles. The van der Waals surface area contributed by atoms with Gasteiger partial charge in [-0.3, -0.25) is 0 Å². The number of hydrogen-bond donors (Lipinski definition) is 1. The molecule has 3 atom stereocenters. The number of anilines is 1. The second-order valence-corrected chi connectivity index (χ2v) is 6.24. The molecular weight excluding hydrogens is 222 g/mol. The third kappa shape index (κ3) is 1.74. The average Bonchev–Trinajstić information content (AvgIpc) is 2.83. The van der Waals surface area contributed by atoms with Crippen LogP contribution in [0.4, 0.5) is 5.69 Å². The van der Waals surface area contributed by atoms with Crippen LogP contribution in [0.2, 0.25) is 0 Å². The molecule has 98 valence electrons. The van der Waals surface area contributed by atoms with E-state index < -0.39 is 0 Å². The summed E-state index contributed by atoms with van der Waals surface area (Å²) in [6, 6.07) is 9.40. The second kappa shape index (κ2) is 4.27. The van der Waals surface area contributed by atoms with Crippen molar-refractivity contribution in [1.29, 1.82) is 0 Å². The van der Waals surface area contributed by atoms with Gasteiger partial charge in [0, 0.05) is 29.7 Å². The first-order chi connectivity index (χ1) is 8.63. The van der Waals surface area contributed by atoms with Gasteiger partial charge >= 0.3 is 0 Å². The van der Waals surface area contributed by atoms with Crippen LogP contribution in [0.25, 0.3) is 0 Å². The molecule has 1 aromatic carbocycles. The Morgan fingerprint density at radius 3 is 2.67 bits per heavy atom. The first-order valence-electron chi connectivity index (χ1n) is 7.10. The van der Waals surface area contributed by atoms with Crippen molar-refractivity contribution in [1.82, 2.24) is 0 Å². The van der Waals surface area contributed by atoms with E-state index in [1.807, 2.05) is 0 Å². The summed E-state index contributed by atoms with van der Waals surface area (Å²) in [6.07, 6.45) is 2.77. The van der Waals surface area contributed by atoms with Crippen LogP contribution in [0, 0.1) is 11.3 Å². The average molecular weight is 245 g/mol. The van der Waals surface area contributed by atoms with Gasteiger partial charge in [0.05, 0.1) is 6.10 Å². The van der Waals surface area contributed by atoms with Crippen molar-refractivity contribution >= 4 is 5.69 Å². The van der Waals surface area contributed by atoms with Gasteiger partial charge in [0.15, 0.2) is 0 Å². The molecule has 2 fully saturated rings. The van der Waals surface area contributed by atoms with Crippen LogP contribution in [0.3, 0.4) is 0 Å². The molecule has 0 radical (unpaired) electrons. The third-order valence-corrected chi connectivity index (χ3v) is 4.78. The maximum absolute atomic E-state index is 5.83. The van der Waals surface area contributed by atoms with Crippen molar-refractivity contribution in [3.63, 3.8) is 0 Å². The molecule has 1 N–H and O–H groups in total. The minimum atomic E-state index is 0.255. The minimum Gasteiger partial charge on any atom is -0.381 e. The monoisotopic (exact) mass is 245 g/mol. The van der Waals surface area contributed by atoms with Crippen molar-refractivity contribution < 1.29 is 4.74 Å². The molecule has 18 heavy (non-hydrogen) atoms. The highest BCUT2D eigenvalue weighted by molar-refractivity contribution is 5.47. The molecular formula is C16H23NO. The van der Waals surface area contributed by atoms with E-state index in [0.29, 0.717) is 18.1 Å². The lowest BCUT2D eigenvalue weighted by Gasteiger charge is -2.55. The van der Waals surface area contributed by atoms with Gasteiger partial charge in [-0.15, -0.1) is 0 Å². The van der Waals surface area contributed by atoms with E-state index in [2.05, 4.69) is 50.4 Å². The van der Waals surface area contributed by atoms with E-state index >= 15 is 0 Å². The maximum atomic E-state index is 5.83. The molecule has 0 bridgehead atoms.